The molecule has 8 heteroatoms. The van der Waals surface area contributed by atoms with E-state index in [2.05, 4.69) is 10.6 Å². The van der Waals surface area contributed by atoms with Crippen molar-refractivity contribution in [3.05, 3.63) is 24.3 Å². The predicted molar refractivity (Wildman–Crippen MR) is 91.3 cm³/mol. The molecule has 2 heterocycles. The quantitative estimate of drug-likeness (QED) is 0.858. The molecule has 0 aliphatic carbocycles. The average molecular weight is 360 g/mol. The lowest BCUT2D eigenvalue weighted by atomic mass is 10.1. The molecule has 1 amide bonds. The second-order valence-corrected chi connectivity index (χ2v) is 7.93. The fourth-order valence-electron chi connectivity index (χ4n) is 3.19. The van der Waals surface area contributed by atoms with Crippen molar-refractivity contribution >= 4 is 34.0 Å². The van der Waals surface area contributed by atoms with Crippen molar-refractivity contribution in [1.29, 1.82) is 0 Å². The molecule has 1 aromatic rings. The van der Waals surface area contributed by atoms with E-state index >= 15 is 0 Å². The normalized spacial score (nSPS) is 24.6. The lowest BCUT2D eigenvalue weighted by Crippen LogP contribution is -2.39. The maximum atomic E-state index is 12.8. The molecule has 2 N–H and O–H groups in total. The van der Waals surface area contributed by atoms with E-state index < -0.39 is 10.0 Å². The average Bonchev–Trinajstić information content (AvgIpc) is 2.77. The van der Waals surface area contributed by atoms with Gasteiger partial charge in [-0.25, -0.2) is 8.42 Å². The minimum Gasteiger partial charge on any atom is -0.326 e. The molecule has 2 aliphatic heterocycles. The molecule has 2 unspecified atom stereocenters. The molecule has 0 radical (unpaired) electrons. The number of anilines is 1. The first-order valence-corrected chi connectivity index (χ1v) is 9.03. The first-order valence-electron chi connectivity index (χ1n) is 7.59. The Morgan fingerprint density at radius 1 is 1.17 bits per heavy atom. The minimum atomic E-state index is -3.47. The molecule has 3 rings (SSSR count). The minimum absolute atomic E-state index is 0. The van der Waals surface area contributed by atoms with E-state index in [4.69, 9.17) is 0 Å². The first kappa shape index (κ1) is 18.2. The van der Waals surface area contributed by atoms with Crippen LogP contribution in [0, 0.1) is 0 Å². The van der Waals surface area contributed by atoms with E-state index in [1.807, 2.05) is 0 Å². The van der Waals surface area contributed by atoms with Gasteiger partial charge >= 0.3 is 0 Å². The molecule has 0 aromatic heterocycles. The molecule has 2 aliphatic rings. The maximum Gasteiger partial charge on any atom is 0.243 e. The van der Waals surface area contributed by atoms with Crippen LogP contribution in [0.3, 0.4) is 0 Å². The lowest BCUT2D eigenvalue weighted by Gasteiger charge is -2.23. The predicted octanol–water partition coefficient (Wildman–Crippen LogP) is 1.58. The van der Waals surface area contributed by atoms with Crippen LogP contribution < -0.4 is 10.6 Å². The van der Waals surface area contributed by atoms with Gasteiger partial charge in [0.1, 0.15) is 0 Å². The Morgan fingerprint density at radius 2 is 1.83 bits per heavy atom. The van der Waals surface area contributed by atoms with E-state index in [1.54, 1.807) is 28.6 Å². The van der Waals surface area contributed by atoms with Crippen LogP contribution in [0.5, 0.6) is 0 Å². The van der Waals surface area contributed by atoms with E-state index in [1.165, 1.54) is 6.92 Å². The number of fused-ring (bicyclic) bond motifs is 2. The summed E-state index contributed by atoms with van der Waals surface area (Å²) in [4.78, 5) is 11.3. The molecule has 2 atom stereocenters. The number of carbonyl (C=O) groups excluding carboxylic acids is 1. The van der Waals surface area contributed by atoms with Crippen molar-refractivity contribution in [2.45, 2.75) is 43.2 Å². The Bertz CT molecular complexity index is 663. The topological polar surface area (TPSA) is 78.5 Å². The third-order valence-corrected chi connectivity index (χ3v) is 6.18. The summed E-state index contributed by atoms with van der Waals surface area (Å²) < 4.78 is 27.1. The Kier molecular flexibility index (Phi) is 5.67. The molecule has 23 heavy (non-hydrogen) atoms. The van der Waals surface area contributed by atoms with Crippen LogP contribution >= 0.6 is 12.4 Å². The molecule has 128 valence electrons. The number of hydrogen-bond donors (Lipinski definition) is 2. The van der Waals surface area contributed by atoms with Gasteiger partial charge in [-0.2, -0.15) is 4.31 Å². The van der Waals surface area contributed by atoms with Crippen LogP contribution in [0.1, 0.15) is 26.2 Å². The lowest BCUT2D eigenvalue weighted by molar-refractivity contribution is -0.114. The molecule has 2 bridgehead atoms. The number of amides is 1. The van der Waals surface area contributed by atoms with Gasteiger partial charge in [0.2, 0.25) is 15.9 Å². The van der Waals surface area contributed by atoms with E-state index in [-0.39, 0.29) is 29.3 Å². The summed E-state index contributed by atoms with van der Waals surface area (Å²) in [6, 6.07) is 7.06. The van der Waals surface area contributed by atoms with Crippen LogP contribution in [0.25, 0.3) is 0 Å². The van der Waals surface area contributed by atoms with Crippen molar-refractivity contribution in [2.75, 3.05) is 18.4 Å². The van der Waals surface area contributed by atoms with Crippen LogP contribution in [-0.2, 0) is 14.8 Å². The standard InChI is InChI=1S/C15H21N3O3S.ClH/c1-11(19)16-12-4-6-15(7-5-12)22(20,21)18-9-8-13-2-3-14(10-18)17-13;/h4-7,13-14,17H,2-3,8-10H2,1H3,(H,16,19);1H. The maximum absolute atomic E-state index is 12.8. The van der Waals surface area contributed by atoms with Crippen molar-refractivity contribution < 1.29 is 13.2 Å². The Labute approximate surface area is 143 Å². The number of nitrogens with one attached hydrogen (secondary N) is 2. The molecular weight excluding hydrogens is 338 g/mol. The zero-order valence-corrected chi connectivity index (χ0v) is 14.6. The van der Waals surface area contributed by atoms with E-state index in [0.29, 0.717) is 24.8 Å². The van der Waals surface area contributed by atoms with Gasteiger partial charge in [0, 0.05) is 37.8 Å². The molecule has 1 aromatic carbocycles. The summed E-state index contributed by atoms with van der Waals surface area (Å²) in [6.45, 7) is 2.51. The molecule has 0 saturated carbocycles. The third kappa shape index (κ3) is 4.03. The molecule has 0 spiro atoms. The van der Waals surface area contributed by atoms with Gasteiger partial charge < -0.3 is 10.6 Å². The Hall–Kier alpha value is -1.15. The van der Waals surface area contributed by atoms with Crippen LogP contribution in [-0.4, -0.2) is 43.8 Å². The molecular formula is C15H22ClN3O3S. The van der Waals surface area contributed by atoms with Gasteiger partial charge in [-0.3, -0.25) is 4.79 Å². The third-order valence-electron chi connectivity index (χ3n) is 4.30. The second-order valence-electron chi connectivity index (χ2n) is 6.00. The number of rotatable bonds is 3. The van der Waals surface area contributed by atoms with Gasteiger partial charge in [-0.15, -0.1) is 12.4 Å². The van der Waals surface area contributed by atoms with Crippen molar-refractivity contribution in [2.24, 2.45) is 0 Å². The summed E-state index contributed by atoms with van der Waals surface area (Å²) in [5.41, 5.74) is 0.600. The van der Waals surface area contributed by atoms with Crippen molar-refractivity contribution in [3.63, 3.8) is 0 Å². The highest BCUT2D eigenvalue weighted by Gasteiger charge is 2.34. The van der Waals surface area contributed by atoms with Crippen LogP contribution in [0.2, 0.25) is 0 Å². The van der Waals surface area contributed by atoms with Gasteiger partial charge in [-0.05, 0) is 43.5 Å². The number of nitrogens with zero attached hydrogens (tertiary/aromatic N) is 1. The molecule has 2 fully saturated rings. The Balaban J connectivity index is 0.00000192. The fourth-order valence-corrected chi connectivity index (χ4v) is 4.69. The number of carbonyl (C=O) groups is 1. The largest absolute Gasteiger partial charge is 0.326 e. The molecule has 2 saturated heterocycles. The van der Waals surface area contributed by atoms with E-state index in [9.17, 15) is 13.2 Å². The highest BCUT2D eigenvalue weighted by Crippen LogP contribution is 2.25. The van der Waals surface area contributed by atoms with Crippen molar-refractivity contribution in [1.82, 2.24) is 9.62 Å². The summed E-state index contributed by atoms with van der Waals surface area (Å²) in [5, 5.41) is 6.12. The summed E-state index contributed by atoms with van der Waals surface area (Å²) in [5.74, 6) is -0.176. The monoisotopic (exact) mass is 359 g/mol. The van der Waals surface area contributed by atoms with Crippen LogP contribution in [0.15, 0.2) is 29.2 Å². The summed E-state index contributed by atoms with van der Waals surface area (Å²) in [7, 11) is -3.47. The van der Waals surface area contributed by atoms with Gasteiger partial charge in [0.05, 0.1) is 4.90 Å². The van der Waals surface area contributed by atoms with Crippen molar-refractivity contribution in [3.8, 4) is 0 Å². The number of sulfonamides is 1. The SMILES string of the molecule is CC(=O)Nc1ccc(S(=O)(=O)N2CCC3CCC(C2)N3)cc1.Cl. The van der Waals surface area contributed by atoms with Gasteiger partial charge in [-0.1, -0.05) is 0 Å². The van der Waals surface area contributed by atoms with E-state index in [0.717, 1.165) is 19.3 Å². The van der Waals surface area contributed by atoms with Gasteiger partial charge in [0.25, 0.3) is 0 Å². The first-order chi connectivity index (χ1) is 10.4. The molecule has 6 nitrogen and oxygen atoms in total. The summed E-state index contributed by atoms with van der Waals surface area (Å²) in [6.07, 6.45) is 3.04. The van der Waals surface area contributed by atoms with Gasteiger partial charge in [0.15, 0.2) is 0 Å². The number of hydrogen-bond acceptors (Lipinski definition) is 4. The van der Waals surface area contributed by atoms with Crippen LogP contribution in [0.4, 0.5) is 5.69 Å². The number of halogens is 1. The fraction of sp³-hybridized carbons (Fsp3) is 0.533. The summed E-state index contributed by atoms with van der Waals surface area (Å²) >= 11 is 0. The highest BCUT2D eigenvalue weighted by atomic mass is 35.5. The zero-order valence-electron chi connectivity index (χ0n) is 13.0. The second kappa shape index (κ2) is 7.17. The zero-order chi connectivity index (χ0) is 15.7. The number of benzene rings is 1. The smallest absolute Gasteiger partial charge is 0.243 e. The highest BCUT2D eigenvalue weighted by molar-refractivity contribution is 7.89. The Morgan fingerprint density at radius 3 is 2.48 bits per heavy atom.